The highest BCUT2D eigenvalue weighted by atomic mass is 32.1. The summed E-state index contributed by atoms with van der Waals surface area (Å²) in [5.41, 5.74) is 6.73. The van der Waals surface area contributed by atoms with E-state index < -0.39 is 8.07 Å². The number of carbonyl (C=O) groups excluding carboxylic acids is 1. The first-order chi connectivity index (χ1) is 20.3. The zero-order chi connectivity index (χ0) is 29.3. The molecule has 2 aliphatic rings. The number of hydrogen-bond acceptors (Lipinski definition) is 7. The molecule has 10 heteroatoms. The van der Waals surface area contributed by atoms with E-state index in [-0.39, 0.29) is 5.91 Å². The third-order valence-corrected chi connectivity index (χ3v) is 10.8. The standard InChI is InChI=1S/C32H39N5O3SSi/c1-39-24-10-7-22(8-11-24)31-26-18-28-25(32(26)37(35-31)21-40-15-16-42(2,3)4)17-27(41-28)23-9-12-29(33-19-23)34-30(38)20-36-13-5-6-14-36/h7-12,17,19H,5-6,13-16,18,20-21H2,1-4H3,(H,33,34,38). The maximum Gasteiger partial charge on any atom is 0.239 e. The first kappa shape index (κ1) is 28.8. The molecule has 1 aromatic carbocycles. The fourth-order valence-corrected chi connectivity index (χ4v) is 7.49. The Hall–Kier alpha value is -3.31. The molecule has 42 heavy (non-hydrogen) atoms. The van der Waals surface area contributed by atoms with Gasteiger partial charge in [0.1, 0.15) is 18.3 Å². The third-order valence-electron chi connectivity index (χ3n) is 7.91. The largest absolute Gasteiger partial charge is 0.497 e. The van der Waals surface area contributed by atoms with E-state index in [4.69, 9.17) is 14.6 Å². The highest BCUT2D eigenvalue weighted by Crippen LogP contribution is 2.47. The maximum atomic E-state index is 12.4. The van der Waals surface area contributed by atoms with E-state index >= 15 is 0 Å². The molecule has 220 valence electrons. The second-order valence-corrected chi connectivity index (χ2v) is 19.1. The molecule has 1 fully saturated rings. The lowest BCUT2D eigenvalue weighted by molar-refractivity contribution is -0.117. The number of methoxy groups -OCH3 is 1. The van der Waals surface area contributed by atoms with Gasteiger partial charge < -0.3 is 14.8 Å². The van der Waals surface area contributed by atoms with Crippen molar-refractivity contribution in [1.82, 2.24) is 19.7 Å². The number of thiophene rings is 1. The minimum absolute atomic E-state index is 0.00670. The topological polar surface area (TPSA) is 81.5 Å². The van der Waals surface area contributed by atoms with Crippen molar-refractivity contribution in [2.24, 2.45) is 0 Å². The molecule has 0 saturated carbocycles. The van der Waals surface area contributed by atoms with Crippen LogP contribution in [0.1, 0.15) is 23.3 Å². The van der Waals surface area contributed by atoms with Gasteiger partial charge in [-0.3, -0.25) is 9.69 Å². The fraction of sp³-hybridized carbons (Fsp3) is 0.406. The number of amides is 1. The Morgan fingerprint density at radius 3 is 2.52 bits per heavy atom. The van der Waals surface area contributed by atoms with E-state index in [9.17, 15) is 4.79 Å². The van der Waals surface area contributed by atoms with Crippen molar-refractivity contribution in [2.45, 2.75) is 51.7 Å². The van der Waals surface area contributed by atoms with Gasteiger partial charge in [0.05, 0.1) is 25.0 Å². The molecule has 0 atom stereocenters. The van der Waals surface area contributed by atoms with Gasteiger partial charge in [-0.1, -0.05) is 19.6 Å². The molecule has 1 aliphatic heterocycles. The summed E-state index contributed by atoms with van der Waals surface area (Å²) in [5, 5.41) is 8.01. The first-order valence-corrected chi connectivity index (χ1v) is 19.2. The number of nitrogens with zero attached hydrogens (tertiary/aromatic N) is 4. The Morgan fingerprint density at radius 1 is 1.07 bits per heavy atom. The van der Waals surface area contributed by atoms with Crippen LogP contribution in [-0.4, -0.2) is 67.0 Å². The van der Waals surface area contributed by atoms with E-state index in [0.717, 1.165) is 65.3 Å². The maximum absolute atomic E-state index is 12.4. The Kier molecular flexibility index (Phi) is 8.31. The summed E-state index contributed by atoms with van der Waals surface area (Å²) in [6.45, 7) is 10.7. The number of fused-ring (bicyclic) bond motifs is 3. The van der Waals surface area contributed by atoms with Crippen LogP contribution in [0.3, 0.4) is 0 Å². The van der Waals surface area contributed by atoms with Crippen LogP contribution < -0.4 is 10.1 Å². The molecule has 1 amide bonds. The van der Waals surface area contributed by atoms with Gasteiger partial charge >= 0.3 is 0 Å². The summed E-state index contributed by atoms with van der Waals surface area (Å²) < 4.78 is 13.6. The number of nitrogens with one attached hydrogen (secondary N) is 1. The van der Waals surface area contributed by atoms with Gasteiger partial charge in [-0.15, -0.1) is 11.3 Å². The molecular formula is C32H39N5O3SSi. The quantitative estimate of drug-likeness (QED) is 0.136. The molecule has 4 aromatic rings. The van der Waals surface area contributed by atoms with E-state index in [2.05, 4.69) is 53.0 Å². The van der Waals surface area contributed by atoms with Gasteiger partial charge in [-0.2, -0.15) is 5.10 Å². The number of carbonyl (C=O) groups is 1. The van der Waals surface area contributed by atoms with Crippen LogP contribution in [0.5, 0.6) is 5.75 Å². The van der Waals surface area contributed by atoms with Crippen LogP contribution in [0.4, 0.5) is 5.82 Å². The number of aromatic nitrogens is 3. The number of rotatable bonds is 11. The van der Waals surface area contributed by atoms with Crippen LogP contribution in [0.15, 0.2) is 48.7 Å². The SMILES string of the molecule is COc1ccc(-c2nn(COCC[Si](C)(C)C)c3c2Cc2sc(-c4ccc(NC(=O)CN5CCCC5)nc4)cc2-3)cc1. The molecule has 0 bridgehead atoms. The van der Waals surface area contributed by atoms with Crippen molar-refractivity contribution in [1.29, 1.82) is 0 Å². The van der Waals surface area contributed by atoms with Gasteiger partial charge in [-0.05, 0) is 74.4 Å². The van der Waals surface area contributed by atoms with Crippen molar-refractivity contribution < 1.29 is 14.3 Å². The minimum Gasteiger partial charge on any atom is -0.497 e. The summed E-state index contributed by atoms with van der Waals surface area (Å²) in [4.78, 5) is 21.7. The summed E-state index contributed by atoms with van der Waals surface area (Å²) >= 11 is 1.80. The molecule has 0 unspecified atom stereocenters. The molecular weight excluding hydrogens is 563 g/mol. The predicted octanol–water partition coefficient (Wildman–Crippen LogP) is 6.60. The van der Waals surface area contributed by atoms with Gasteiger partial charge in [0.15, 0.2) is 0 Å². The van der Waals surface area contributed by atoms with Gasteiger partial charge in [-0.25, -0.2) is 9.67 Å². The number of ether oxygens (including phenoxy) is 2. The smallest absolute Gasteiger partial charge is 0.239 e. The second kappa shape index (κ2) is 12.1. The average Bonchev–Trinajstić information content (AvgIpc) is 3.75. The fourth-order valence-electron chi connectivity index (χ4n) is 5.57. The van der Waals surface area contributed by atoms with Crippen LogP contribution in [-0.2, 0) is 22.7 Å². The predicted molar refractivity (Wildman–Crippen MR) is 172 cm³/mol. The molecule has 1 saturated heterocycles. The Labute approximate surface area is 252 Å². The summed E-state index contributed by atoms with van der Waals surface area (Å²) in [6, 6.07) is 15.4. The molecule has 1 aliphatic carbocycles. The molecule has 8 nitrogen and oxygen atoms in total. The van der Waals surface area contributed by atoms with Crippen LogP contribution in [0, 0.1) is 0 Å². The van der Waals surface area contributed by atoms with E-state index in [1.807, 2.05) is 35.1 Å². The highest BCUT2D eigenvalue weighted by Gasteiger charge is 2.31. The molecule has 0 radical (unpaired) electrons. The normalized spacial score (nSPS) is 14.7. The zero-order valence-corrected chi connectivity index (χ0v) is 26.7. The third kappa shape index (κ3) is 6.36. The number of benzene rings is 1. The summed E-state index contributed by atoms with van der Waals surface area (Å²) in [6.07, 6.45) is 5.03. The molecule has 4 heterocycles. The van der Waals surface area contributed by atoms with Crippen molar-refractivity contribution in [3.8, 4) is 38.7 Å². The van der Waals surface area contributed by atoms with Gasteiger partial charge in [0, 0.05) is 59.3 Å². The van der Waals surface area contributed by atoms with Gasteiger partial charge in [0.2, 0.25) is 5.91 Å². The van der Waals surface area contributed by atoms with E-state index in [0.29, 0.717) is 19.1 Å². The Balaban J connectivity index is 1.23. The number of anilines is 1. The lowest BCUT2D eigenvalue weighted by Crippen LogP contribution is -2.31. The van der Waals surface area contributed by atoms with Crippen LogP contribution >= 0.6 is 11.3 Å². The number of hydrogen-bond donors (Lipinski definition) is 1. The minimum atomic E-state index is -1.18. The molecule has 3 aromatic heterocycles. The number of pyridine rings is 1. The monoisotopic (exact) mass is 601 g/mol. The molecule has 6 rings (SSSR count). The Bertz CT molecular complexity index is 1550. The lowest BCUT2D eigenvalue weighted by Gasteiger charge is -2.15. The summed E-state index contributed by atoms with van der Waals surface area (Å²) in [5.74, 6) is 1.42. The van der Waals surface area contributed by atoms with Crippen LogP contribution in [0.2, 0.25) is 25.7 Å². The van der Waals surface area contributed by atoms with Crippen LogP contribution in [0.25, 0.3) is 33.0 Å². The average molecular weight is 602 g/mol. The van der Waals surface area contributed by atoms with Crippen molar-refractivity contribution in [3.63, 3.8) is 0 Å². The summed E-state index contributed by atoms with van der Waals surface area (Å²) in [7, 11) is 0.502. The lowest BCUT2D eigenvalue weighted by atomic mass is 10.1. The molecule has 1 N–H and O–H groups in total. The van der Waals surface area contributed by atoms with Crippen molar-refractivity contribution in [2.75, 3.05) is 38.7 Å². The first-order valence-electron chi connectivity index (χ1n) is 14.7. The van der Waals surface area contributed by atoms with Gasteiger partial charge in [0.25, 0.3) is 0 Å². The Morgan fingerprint density at radius 2 is 1.83 bits per heavy atom. The van der Waals surface area contributed by atoms with E-state index in [1.165, 1.54) is 28.8 Å². The zero-order valence-electron chi connectivity index (χ0n) is 24.9. The van der Waals surface area contributed by atoms with E-state index in [1.54, 1.807) is 18.4 Å². The number of likely N-dealkylation sites (tertiary alicyclic amines) is 1. The van der Waals surface area contributed by atoms with Crippen molar-refractivity contribution >= 4 is 31.1 Å². The highest BCUT2D eigenvalue weighted by molar-refractivity contribution is 7.16. The molecule has 0 spiro atoms. The second-order valence-electron chi connectivity index (χ2n) is 12.3. The van der Waals surface area contributed by atoms with Crippen molar-refractivity contribution in [3.05, 3.63) is 59.1 Å².